The van der Waals surface area contributed by atoms with Gasteiger partial charge in [0.05, 0.1) is 19.3 Å². The van der Waals surface area contributed by atoms with Crippen molar-refractivity contribution in [1.29, 1.82) is 0 Å². The average molecular weight is 303 g/mol. The van der Waals surface area contributed by atoms with Gasteiger partial charge in [0.25, 0.3) is 0 Å². The number of rotatable bonds is 6. The SMILES string of the molecule is COC(C)CC(CO)(CO)c1ccc(Br)cc1. The first-order valence-electron chi connectivity index (χ1n) is 5.58. The molecule has 0 saturated carbocycles. The third-order valence-corrected chi connectivity index (χ3v) is 3.67. The molecule has 1 aromatic carbocycles. The molecule has 0 aliphatic rings. The number of ether oxygens (including phenoxy) is 1. The van der Waals surface area contributed by atoms with Gasteiger partial charge in [-0.1, -0.05) is 28.1 Å². The van der Waals surface area contributed by atoms with Crippen molar-refractivity contribution in [3.8, 4) is 0 Å². The molecule has 0 fully saturated rings. The maximum Gasteiger partial charge on any atom is 0.0553 e. The molecule has 0 saturated heterocycles. The minimum absolute atomic E-state index is 0.0158. The fourth-order valence-electron chi connectivity index (χ4n) is 1.92. The summed E-state index contributed by atoms with van der Waals surface area (Å²) in [6.45, 7) is 1.73. The van der Waals surface area contributed by atoms with Crippen LogP contribution in [0.3, 0.4) is 0 Å². The molecular weight excluding hydrogens is 284 g/mol. The van der Waals surface area contributed by atoms with E-state index in [-0.39, 0.29) is 19.3 Å². The Bertz CT molecular complexity index is 333. The van der Waals surface area contributed by atoms with E-state index in [0.717, 1.165) is 10.0 Å². The number of aliphatic hydroxyl groups excluding tert-OH is 2. The Kier molecular flexibility index (Phi) is 5.59. The molecule has 1 atom stereocenters. The van der Waals surface area contributed by atoms with Gasteiger partial charge >= 0.3 is 0 Å². The highest BCUT2D eigenvalue weighted by Crippen LogP contribution is 2.30. The van der Waals surface area contributed by atoms with Gasteiger partial charge in [0, 0.05) is 17.0 Å². The van der Waals surface area contributed by atoms with E-state index >= 15 is 0 Å². The van der Waals surface area contributed by atoms with Crippen LogP contribution in [0.5, 0.6) is 0 Å². The molecule has 4 heteroatoms. The van der Waals surface area contributed by atoms with Crippen LogP contribution in [0.4, 0.5) is 0 Å². The zero-order chi connectivity index (χ0) is 12.9. The van der Waals surface area contributed by atoms with Gasteiger partial charge in [-0.05, 0) is 31.0 Å². The average Bonchev–Trinajstić information content (AvgIpc) is 2.37. The summed E-state index contributed by atoms with van der Waals surface area (Å²) < 4.78 is 6.20. The van der Waals surface area contributed by atoms with Crippen LogP contribution >= 0.6 is 15.9 Å². The summed E-state index contributed by atoms with van der Waals surface area (Å²) in [7, 11) is 1.63. The molecule has 0 aliphatic heterocycles. The third kappa shape index (κ3) is 3.52. The van der Waals surface area contributed by atoms with Crippen LogP contribution in [0.15, 0.2) is 28.7 Å². The molecule has 1 unspecified atom stereocenters. The van der Waals surface area contributed by atoms with E-state index in [0.29, 0.717) is 6.42 Å². The van der Waals surface area contributed by atoms with E-state index in [9.17, 15) is 10.2 Å². The fourth-order valence-corrected chi connectivity index (χ4v) is 2.18. The molecule has 0 heterocycles. The molecule has 0 radical (unpaired) electrons. The largest absolute Gasteiger partial charge is 0.395 e. The van der Waals surface area contributed by atoms with Crippen LogP contribution in [0.2, 0.25) is 0 Å². The lowest BCUT2D eigenvalue weighted by Crippen LogP contribution is -2.38. The summed E-state index contributed by atoms with van der Waals surface area (Å²) in [6.07, 6.45) is 0.566. The second-order valence-electron chi connectivity index (χ2n) is 4.35. The molecule has 1 rings (SSSR count). The van der Waals surface area contributed by atoms with E-state index in [1.165, 1.54) is 0 Å². The highest BCUT2D eigenvalue weighted by atomic mass is 79.9. The first-order valence-corrected chi connectivity index (χ1v) is 6.38. The van der Waals surface area contributed by atoms with Gasteiger partial charge in [-0.15, -0.1) is 0 Å². The molecule has 0 amide bonds. The number of hydrogen-bond acceptors (Lipinski definition) is 3. The van der Waals surface area contributed by atoms with E-state index in [1.54, 1.807) is 7.11 Å². The Labute approximate surface area is 111 Å². The quantitative estimate of drug-likeness (QED) is 0.846. The maximum atomic E-state index is 9.62. The first kappa shape index (κ1) is 14.6. The Morgan fingerprint density at radius 2 is 1.76 bits per heavy atom. The fraction of sp³-hybridized carbons (Fsp3) is 0.538. The molecule has 1 aromatic rings. The predicted octanol–water partition coefficient (Wildman–Crippen LogP) is 2.10. The van der Waals surface area contributed by atoms with E-state index in [4.69, 9.17) is 4.74 Å². The molecule has 0 bridgehead atoms. The van der Waals surface area contributed by atoms with Crippen molar-refractivity contribution in [2.45, 2.75) is 24.9 Å². The van der Waals surface area contributed by atoms with Crippen LogP contribution in [-0.2, 0) is 10.2 Å². The van der Waals surface area contributed by atoms with Gasteiger partial charge in [0.15, 0.2) is 0 Å². The molecular formula is C13H19BrO3. The first-order chi connectivity index (χ1) is 8.07. The standard InChI is InChI=1S/C13H19BrO3/c1-10(17-2)7-13(8-15,9-16)11-3-5-12(14)6-4-11/h3-6,10,15-16H,7-9H2,1-2H3. The van der Waals surface area contributed by atoms with Gasteiger partial charge in [0.1, 0.15) is 0 Å². The molecule has 2 N–H and O–H groups in total. The van der Waals surface area contributed by atoms with E-state index in [2.05, 4.69) is 15.9 Å². The Morgan fingerprint density at radius 3 is 2.18 bits per heavy atom. The van der Waals surface area contributed by atoms with Crippen molar-refractivity contribution < 1.29 is 14.9 Å². The Balaban J connectivity index is 3.01. The molecule has 17 heavy (non-hydrogen) atoms. The summed E-state index contributed by atoms with van der Waals surface area (Å²) >= 11 is 3.37. The Morgan fingerprint density at radius 1 is 1.24 bits per heavy atom. The van der Waals surface area contributed by atoms with Gasteiger partial charge in [-0.2, -0.15) is 0 Å². The lowest BCUT2D eigenvalue weighted by molar-refractivity contribution is 0.0405. The van der Waals surface area contributed by atoms with Crippen molar-refractivity contribution in [3.63, 3.8) is 0 Å². The van der Waals surface area contributed by atoms with E-state index < -0.39 is 5.41 Å². The topological polar surface area (TPSA) is 49.7 Å². The van der Waals surface area contributed by atoms with Gasteiger partial charge in [-0.25, -0.2) is 0 Å². The molecule has 96 valence electrons. The third-order valence-electron chi connectivity index (χ3n) is 3.14. The van der Waals surface area contributed by atoms with Crippen molar-refractivity contribution in [3.05, 3.63) is 34.3 Å². The zero-order valence-electron chi connectivity index (χ0n) is 10.2. The van der Waals surface area contributed by atoms with Crippen LogP contribution in [-0.4, -0.2) is 36.6 Å². The highest BCUT2D eigenvalue weighted by Gasteiger charge is 2.32. The summed E-state index contributed by atoms with van der Waals surface area (Å²) in [5.41, 5.74) is 0.283. The summed E-state index contributed by atoms with van der Waals surface area (Å²) in [5, 5.41) is 19.2. The second kappa shape index (κ2) is 6.50. The van der Waals surface area contributed by atoms with Crippen LogP contribution in [0, 0.1) is 0 Å². The normalized spacial score (nSPS) is 13.7. The maximum absolute atomic E-state index is 9.62. The lowest BCUT2D eigenvalue weighted by atomic mass is 9.77. The molecule has 0 aliphatic carbocycles. The Hall–Kier alpha value is -0.420. The molecule has 3 nitrogen and oxygen atoms in total. The summed E-state index contributed by atoms with van der Waals surface area (Å²) in [4.78, 5) is 0. The number of hydrogen-bond donors (Lipinski definition) is 2. The minimum atomic E-state index is -0.643. The van der Waals surface area contributed by atoms with Crippen LogP contribution in [0.25, 0.3) is 0 Å². The number of benzene rings is 1. The van der Waals surface area contributed by atoms with Crippen LogP contribution < -0.4 is 0 Å². The summed E-state index contributed by atoms with van der Waals surface area (Å²) in [5.74, 6) is 0. The monoisotopic (exact) mass is 302 g/mol. The van der Waals surface area contributed by atoms with Crippen LogP contribution in [0.1, 0.15) is 18.9 Å². The van der Waals surface area contributed by atoms with Gasteiger partial charge in [0.2, 0.25) is 0 Å². The lowest BCUT2D eigenvalue weighted by Gasteiger charge is -2.32. The van der Waals surface area contributed by atoms with Crippen molar-refractivity contribution in [2.75, 3.05) is 20.3 Å². The number of halogens is 1. The van der Waals surface area contributed by atoms with Gasteiger partial charge < -0.3 is 14.9 Å². The second-order valence-corrected chi connectivity index (χ2v) is 5.27. The van der Waals surface area contributed by atoms with Crippen molar-refractivity contribution in [2.24, 2.45) is 0 Å². The van der Waals surface area contributed by atoms with Crippen molar-refractivity contribution >= 4 is 15.9 Å². The summed E-state index contributed by atoms with van der Waals surface area (Å²) in [6, 6.07) is 7.65. The molecule has 0 aromatic heterocycles. The smallest absolute Gasteiger partial charge is 0.0553 e. The van der Waals surface area contributed by atoms with E-state index in [1.807, 2.05) is 31.2 Å². The minimum Gasteiger partial charge on any atom is -0.395 e. The predicted molar refractivity (Wildman–Crippen MR) is 71.1 cm³/mol. The zero-order valence-corrected chi connectivity index (χ0v) is 11.8. The number of methoxy groups -OCH3 is 1. The molecule has 0 spiro atoms. The highest BCUT2D eigenvalue weighted by molar-refractivity contribution is 9.10. The van der Waals surface area contributed by atoms with Gasteiger partial charge in [-0.3, -0.25) is 0 Å². The number of aliphatic hydroxyl groups is 2. The van der Waals surface area contributed by atoms with Crippen molar-refractivity contribution in [1.82, 2.24) is 0 Å².